The molecule has 12 aliphatic rings. The molecule has 0 radical (unpaired) electrons. The SMILES string of the molecule is C=C1C/C(=C\c2cnn3c(CCC4CC4)cc(NCC4(CO)CCCC4)cc23)C(=O)N1.C=C1C/C(=C\c2cnn3c(NCC4CC4)cc(NC(C)C4CC4)nc23)C(=O)N1.C=C1C/C(=C\c2cnn3c(NCC4CC4)cc(NCC4CC4)nc23)C(=O)N1.C=c1[nH]c(=O)/c(=C/c2cnn3c(NCC4CC4)cc(NC4CCCC4)nc23)[nH]1.C=c1[nH]c(=O)/c(=C/c2cnn3c(NCC4CC4)cc(NCC(C)(C)CO)nc23)[nH]1. The first-order chi connectivity index (χ1) is 69.3. The molecule has 24 rings (SSSR count). The van der Waals surface area contributed by atoms with Gasteiger partial charge in [-0.3, -0.25) is 24.0 Å². The highest BCUT2D eigenvalue weighted by Crippen LogP contribution is 2.42. The zero-order valence-electron chi connectivity index (χ0n) is 82.1. The number of carbonyl (C=O) groups excluding carboxylic acids is 3. The summed E-state index contributed by atoms with van der Waals surface area (Å²) in [6.07, 6.45) is 49.4. The van der Waals surface area contributed by atoms with Crippen LogP contribution in [0, 0.1) is 52.3 Å². The largest absolute Gasteiger partial charge is 0.396 e. The maximum Gasteiger partial charge on any atom is 0.273 e. The fraction of sp³-hybridized carbons (Fsp3) is 0.472. The Kier molecular flexibility index (Phi) is 28.0. The van der Waals surface area contributed by atoms with Gasteiger partial charge in [-0.15, -0.1) is 0 Å². The average Bonchev–Trinajstić information content (AvgIpc) is 1.62. The molecule has 750 valence electrons. The van der Waals surface area contributed by atoms with Crippen LogP contribution in [0.25, 0.3) is 71.6 Å². The molecule has 3 amide bonds. The molecular formula is C106H134N30O7. The number of rotatable bonds is 36. The lowest BCUT2D eigenvalue weighted by Gasteiger charge is -2.27. The van der Waals surface area contributed by atoms with Crippen molar-refractivity contribution in [3.8, 4) is 0 Å². The van der Waals surface area contributed by atoms with Crippen molar-refractivity contribution in [1.29, 1.82) is 0 Å². The number of H-pyrrole nitrogens is 4. The molecule has 1 atom stereocenters. The fourth-order valence-corrected chi connectivity index (χ4v) is 18.9. The summed E-state index contributed by atoms with van der Waals surface area (Å²) < 4.78 is 9.26. The van der Waals surface area contributed by atoms with Gasteiger partial charge in [0, 0.05) is 192 Å². The number of aromatic amines is 4. The van der Waals surface area contributed by atoms with Crippen molar-refractivity contribution in [3.05, 3.63) is 197 Å². The van der Waals surface area contributed by atoms with Crippen LogP contribution in [0.3, 0.4) is 0 Å². The third-order valence-corrected chi connectivity index (χ3v) is 29.0. The lowest BCUT2D eigenvalue weighted by atomic mass is 9.87. The van der Waals surface area contributed by atoms with E-state index in [0.29, 0.717) is 88.1 Å². The van der Waals surface area contributed by atoms with Crippen LogP contribution in [-0.2, 0) is 20.8 Å². The number of imidazole rings is 2. The van der Waals surface area contributed by atoms with Crippen molar-refractivity contribution in [3.63, 3.8) is 0 Å². The van der Waals surface area contributed by atoms with Crippen LogP contribution in [-0.4, -0.2) is 187 Å². The van der Waals surface area contributed by atoms with Crippen LogP contribution >= 0.6 is 0 Å². The minimum Gasteiger partial charge on any atom is -0.396 e. The minimum absolute atomic E-state index is 0.00630. The highest BCUT2D eigenvalue weighted by atomic mass is 16.3. The quantitative estimate of drug-likeness (QED) is 0.0162. The molecule has 15 heterocycles. The predicted octanol–water partition coefficient (Wildman–Crippen LogP) is 11.4. The number of aryl methyl sites for hydroxylation is 1. The Morgan fingerprint density at radius 2 is 0.832 bits per heavy atom. The van der Waals surface area contributed by atoms with E-state index in [-0.39, 0.29) is 52.9 Å². The van der Waals surface area contributed by atoms with E-state index in [1.54, 1.807) is 41.5 Å². The molecular weight excluding hydrogens is 1810 g/mol. The van der Waals surface area contributed by atoms with Crippen LogP contribution < -0.4 is 96.6 Å². The van der Waals surface area contributed by atoms with Gasteiger partial charge in [0.2, 0.25) is 0 Å². The summed E-state index contributed by atoms with van der Waals surface area (Å²) in [6.45, 7) is 31.6. The van der Waals surface area contributed by atoms with Gasteiger partial charge in [-0.05, 0) is 206 Å². The first-order valence-electron chi connectivity index (χ1n) is 51.3. The molecule has 12 aromatic rings. The van der Waals surface area contributed by atoms with E-state index in [4.69, 9.17) is 19.9 Å². The van der Waals surface area contributed by atoms with E-state index in [9.17, 15) is 34.2 Å². The van der Waals surface area contributed by atoms with Gasteiger partial charge in [0.1, 0.15) is 68.2 Å². The van der Waals surface area contributed by atoms with Crippen molar-refractivity contribution in [1.82, 2.24) is 104 Å². The number of pyridine rings is 1. The number of hydrogen-bond donors (Lipinski definition) is 18. The predicted molar refractivity (Wildman–Crippen MR) is 561 cm³/mol. The molecule has 9 aliphatic carbocycles. The van der Waals surface area contributed by atoms with E-state index < -0.39 is 0 Å². The first kappa shape index (κ1) is 96.1. The molecule has 0 bridgehead atoms. The Morgan fingerprint density at radius 3 is 1.24 bits per heavy atom. The first-order valence-corrected chi connectivity index (χ1v) is 51.3. The summed E-state index contributed by atoms with van der Waals surface area (Å²) in [5.41, 5.74) is 14.8. The Morgan fingerprint density at radius 1 is 0.441 bits per heavy atom. The van der Waals surface area contributed by atoms with Gasteiger partial charge in [-0.1, -0.05) is 85.3 Å². The molecule has 37 heteroatoms. The number of nitrogens with one attached hydrogen (secondary N) is 16. The second-order valence-electron chi connectivity index (χ2n) is 42.4. The average molecular weight is 1940 g/mol. The van der Waals surface area contributed by atoms with Crippen molar-refractivity contribution in [2.24, 2.45) is 52.3 Å². The number of aromatic nitrogens is 18. The second-order valence-corrected chi connectivity index (χ2v) is 42.4. The molecule has 1 unspecified atom stereocenters. The molecule has 9 saturated carbocycles. The van der Waals surface area contributed by atoms with Crippen LogP contribution in [0.1, 0.15) is 221 Å². The number of amides is 3. The number of carbonyl (C=O) groups is 3. The number of fused-ring (bicyclic) bond motifs is 5. The lowest BCUT2D eigenvalue weighted by molar-refractivity contribution is -0.116. The van der Waals surface area contributed by atoms with Gasteiger partial charge in [0.05, 0.1) is 43.1 Å². The normalized spacial score (nSPS) is 19.7. The van der Waals surface area contributed by atoms with Gasteiger partial charge in [-0.25, -0.2) is 24.5 Å². The molecule has 12 fully saturated rings. The Hall–Kier alpha value is -14.4. The molecule has 0 spiro atoms. The Bertz CT molecular complexity index is 7310. The third-order valence-electron chi connectivity index (χ3n) is 29.0. The van der Waals surface area contributed by atoms with Gasteiger partial charge in [0.25, 0.3) is 28.8 Å². The Labute approximate surface area is 827 Å². The number of aliphatic hydroxyl groups excluding tert-OH is 2. The van der Waals surface area contributed by atoms with Crippen molar-refractivity contribution < 1.29 is 24.6 Å². The summed E-state index contributed by atoms with van der Waals surface area (Å²) >= 11 is 0. The summed E-state index contributed by atoms with van der Waals surface area (Å²) in [6, 6.07) is 13.3. The lowest BCUT2D eigenvalue weighted by Crippen LogP contribution is -2.30. The summed E-state index contributed by atoms with van der Waals surface area (Å²) in [5, 5.41) is 83.0. The standard InChI is InChI=1S/C25H32N4O2.C21H26N6O.C20H27N7O2.C20H25N7O.C20H24N6O/c1-17-10-19(24(31)28-17)11-20-14-27-29-22(7-6-18-4-5-18)12-21(13-23(20)29)26-15-25(16-30)8-2-3-9-25;1-12-7-16(21(28)24-12)8-17-11-23-27-19(22-10-14-3-4-14)9-18(26-20(17)27)25-13(2)15-5-6-15;1-12-24-15(19(29)25-12)6-14-9-23-27-17(21-8-13-4-5-13)7-16(26-18(14)27)22-10-20(2,3)11-28;1-12-23-16(20(28)24-12)8-14-11-22-27-18(21-10-13-6-7-13)9-17(26-19(14)27)25-15-4-2-3-5-15;1-12-6-15(20(27)24-12)7-16-11-23-26-18(22-10-14-4-5-14)8-17(25-19(16)26)21-9-13-2-3-13/h11-14,18,26,30H,1-10,15-16H2,(H,28,31);8-9,11,13-15,22H,1,3-7,10H2,2H3,(H,24,28)(H,25,26);6-7,9,13,21,24,28H,1,4-5,8,10-11H2,2-3H3,(H,22,26)(H,25,29);8-9,11,13,15,21,23H,1-7,10H2,(H,24,28)(H,25,26);7-8,11,13-14,22H,1-6,9-10H2,(H,21,25)(H,24,27)/b19-11+;16-8+;15-6-;16-8-;15-7+. The highest BCUT2D eigenvalue weighted by Gasteiger charge is 2.36. The highest BCUT2D eigenvalue weighted by molar-refractivity contribution is 6.04. The van der Waals surface area contributed by atoms with Crippen molar-refractivity contribution in [2.75, 3.05) is 107 Å². The fourth-order valence-electron chi connectivity index (χ4n) is 18.9. The minimum atomic E-state index is -0.271. The smallest absolute Gasteiger partial charge is 0.273 e. The molecule has 3 aliphatic heterocycles. The summed E-state index contributed by atoms with van der Waals surface area (Å²) in [7, 11) is 0. The van der Waals surface area contributed by atoms with Gasteiger partial charge in [-0.2, -0.15) is 43.6 Å². The number of hydrogen-bond acceptors (Lipinski definition) is 25. The van der Waals surface area contributed by atoms with Crippen LogP contribution in [0.2, 0.25) is 0 Å². The molecule has 3 saturated heterocycles. The zero-order valence-corrected chi connectivity index (χ0v) is 82.1. The molecule has 0 aromatic carbocycles. The third kappa shape index (κ3) is 24.4. The van der Waals surface area contributed by atoms with E-state index in [2.05, 4.69) is 161 Å². The maximum absolute atomic E-state index is 12.2. The molecule has 18 N–H and O–H groups in total. The monoisotopic (exact) mass is 1940 g/mol. The van der Waals surface area contributed by atoms with E-state index in [1.807, 2.05) is 80.6 Å². The molecule has 143 heavy (non-hydrogen) atoms. The summed E-state index contributed by atoms with van der Waals surface area (Å²) in [4.78, 5) is 90.6. The zero-order chi connectivity index (χ0) is 98.7. The van der Waals surface area contributed by atoms with E-state index >= 15 is 0 Å². The van der Waals surface area contributed by atoms with Gasteiger partial charge < -0.3 is 94.0 Å². The topological polar surface area (TPSA) is 471 Å². The van der Waals surface area contributed by atoms with Crippen molar-refractivity contribution in [2.45, 2.75) is 206 Å². The summed E-state index contributed by atoms with van der Waals surface area (Å²) in [5.74, 6) is 12.0. The second kappa shape index (κ2) is 41.7. The van der Waals surface area contributed by atoms with Crippen LogP contribution in [0.4, 0.5) is 52.2 Å². The number of anilines is 9. The van der Waals surface area contributed by atoms with E-state index in [1.165, 1.54) is 141 Å². The Balaban J connectivity index is 0.000000109. The van der Waals surface area contributed by atoms with E-state index in [0.717, 1.165) is 213 Å². The number of nitrogens with zero attached hydrogens (tertiary/aromatic N) is 14. The van der Waals surface area contributed by atoms with Gasteiger partial charge >= 0.3 is 0 Å². The van der Waals surface area contributed by atoms with Crippen LogP contribution in [0.5, 0.6) is 0 Å². The molecule has 37 nitrogen and oxygen atoms in total. The maximum atomic E-state index is 12.2. The number of aliphatic hydroxyl groups is 2. The van der Waals surface area contributed by atoms with Crippen LogP contribution in [0.15, 0.2) is 131 Å². The van der Waals surface area contributed by atoms with Gasteiger partial charge in [0.15, 0.2) is 22.6 Å². The van der Waals surface area contributed by atoms with Crippen molar-refractivity contribution >= 4 is 142 Å². The molecule has 12 aromatic heterocycles. The number of allylic oxidation sites excluding steroid dienone is 3.